The van der Waals surface area contributed by atoms with Gasteiger partial charge in [-0.1, -0.05) is 115 Å². The predicted molar refractivity (Wildman–Crippen MR) is 188 cm³/mol. The van der Waals surface area contributed by atoms with Crippen molar-refractivity contribution in [2.24, 2.45) is 0 Å². The van der Waals surface area contributed by atoms with Crippen LogP contribution in [-0.4, -0.2) is 36.7 Å². The van der Waals surface area contributed by atoms with Gasteiger partial charge in [-0.15, -0.1) is 0 Å². The molecule has 9 rings (SSSR count). The van der Waals surface area contributed by atoms with Crippen LogP contribution >= 0.6 is 0 Å². The topological polar surface area (TPSA) is 84.1 Å². The summed E-state index contributed by atoms with van der Waals surface area (Å²) < 4.78 is 2.31. The molecule has 1 unspecified atom stereocenters. The second kappa shape index (κ2) is 10.9. The van der Waals surface area contributed by atoms with Crippen molar-refractivity contribution in [2.45, 2.75) is 5.92 Å². The standard InChI is InChI=1S/C40H27BN4O2/c46-41(47)27-20-21-29-31-24-36-32(30-18-10-11-19-35(30)45(36)28-16-8-3-9-17-28)23-34(31)37(33(29)22-27)40-43-38(25-12-4-1-5-13-25)42-39(44-40)26-14-6-2-7-15-26/h1-24,37,46-47H. The molecule has 6 nitrogen and oxygen atoms in total. The molecule has 0 bridgehead atoms. The molecule has 2 aromatic heterocycles. The summed E-state index contributed by atoms with van der Waals surface area (Å²) in [6, 6.07) is 49.0. The molecule has 0 saturated heterocycles. The Morgan fingerprint density at radius 3 is 1.77 bits per heavy atom. The zero-order valence-electron chi connectivity index (χ0n) is 25.2. The van der Waals surface area contributed by atoms with Crippen molar-refractivity contribution in [3.8, 4) is 39.6 Å². The van der Waals surface area contributed by atoms with E-state index in [9.17, 15) is 10.0 Å². The highest BCUT2D eigenvalue weighted by molar-refractivity contribution is 6.58. The molecular formula is C40H27BN4O2. The summed E-state index contributed by atoms with van der Waals surface area (Å²) in [5, 5.41) is 22.7. The van der Waals surface area contributed by atoms with Gasteiger partial charge in [-0.2, -0.15) is 0 Å². The molecular weight excluding hydrogens is 579 g/mol. The van der Waals surface area contributed by atoms with E-state index >= 15 is 0 Å². The molecule has 1 aliphatic rings. The number of benzene rings is 6. The minimum absolute atomic E-state index is 0.366. The molecule has 222 valence electrons. The Kier molecular flexibility index (Phi) is 6.35. The molecule has 0 saturated carbocycles. The van der Waals surface area contributed by atoms with E-state index in [0.717, 1.165) is 60.9 Å². The third-order valence-electron chi connectivity index (χ3n) is 9.12. The largest absolute Gasteiger partial charge is 0.488 e. The summed E-state index contributed by atoms with van der Waals surface area (Å²) in [6.45, 7) is 0. The van der Waals surface area contributed by atoms with E-state index in [1.54, 1.807) is 6.07 Å². The average Bonchev–Trinajstić information content (AvgIpc) is 3.63. The Balaban J connectivity index is 1.35. The highest BCUT2D eigenvalue weighted by Crippen LogP contribution is 2.50. The number of fused-ring (bicyclic) bond motifs is 6. The fourth-order valence-corrected chi connectivity index (χ4v) is 6.98. The monoisotopic (exact) mass is 606 g/mol. The maximum absolute atomic E-state index is 10.2. The smallest absolute Gasteiger partial charge is 0.423 e. The highest BCUT2D eigenvalue weighted by atomic mass is 16.4. The third-order valence-corrected chi connectivity index (χ3v) is 9.12. The van der Waals surface area contributed by atoms with Crippen LogP contribution < -0.4 is 5.46 Å². The van der Waals surface area contributed by atoms with Crippen molar-refractivity contribution in [3.05, 3.63) is 163 Å². The fraction of sp³-hybridized carbons (Fsp3) is 0.0250. The highest BCUT2D eigenvalue weighted by Gasteiger charge is 2.35. The Morgan fingerprint density at radius 1 is 0.511 bits per heavy atom. The molecule has 8 aromatic rings. The van der Waals surface area contributed by atoms with E-state index in [1.807, 2.05) is 78.9 Å². The lowest BCUT2D eigenvalue weighted by atomic mass is 9.78. The van der Waals surface area contributed by atoms with Crippen molar-refractivity contribution in [1.29, 1.82) is 0 Å². The van der Waals surface area contributed by atoms with Gasteiger partial charge < -0.3 is 14.6 Å². The number of hydrogen-bond acceptors (Lipinski definition) is 5. The summed E-state index contributed by atoms with van der Waals surface area (Å²) in [4.78, 5) is 15.2. The van der Waals surface area contributed by atoms with E-state index in [0.29, 0.717) is 22.9 Å². The zero-order valence-corrected chi connectivity index (χ0v) is 25.2. The van der Waals surface area contributed by atoms with Crippen LogP contribution in [0.2, 0.25) is 0 Å². The van der Waals surface area contributed by atoms with Gasteiger partial charge in [-0.25, -0.2) is 15.0 Å². The van der Waals surface area contributed by atoms with Crippen molar-refractivity contribution >= 4 is 34.4 Å². The van der Waals surface area contributed by atoms with Crippen molar-refractivity contribution < 1.29 is 10.0 Å². The molecule has 0 radical (unpaired) electrons. The van der Waals surface area contributed by atoms with Crippen molar-refractivity contribution in [3.63, 3.8) is 0 Å². The van der Waals surface area contributed by atoms with Crippen LogP contribution in [-0.2, 0) is 0 Å². The van der Waals surface area contributed by atoms with Crippen LogP contribution in [0.4, 0.5) is 0 Å². The van der Waals surface area contributed by atoms with E-state index in [1.165, 1.54) is 0 Å². The van der Waals surface area contributed by atoms with Crippen LogP contribution in [0.25, 0.3) is 61.4 Å². The number of para-hydroxylation sites is 2. The first-order chi connectivity index (χ1) is 23.1. The first-order valence-corrected chi connectivity index (χ1v) is 15.6. The van der Waals surface area contributed by atoms with Crippen LogP contribution in [0.1, 0.15) is 22.9 Å². The lowest BCUT2D eigenvalue weighted by Gasteiger charge is -2.16. The molecule has 2 N–H and O–H groups in total. The zero-order chi connectivity index (χ0) is 31.5. The molecule has 0 amide bonds. The molecule has 2 heterocycles. The second-order valence-electron chi connectivity index (χ2n) is 11.9. The van der Waals surface area contributed by atoms with Crippen molar-refractivity contribution in [1.82, 2.24) is 19.5 Å². The van der Waals surface area contributed by atoms with Gasteiger partial charge in [0.1, 0.15) is 5.82 Å². The van der Waals surface area contributed by atoms with Gasteiger partial charge in [0.2, 0.25) is 0 Å². The minimum Gasteiger partial charge on any atom is -0.423 e. The van der Waals surface area contributed by atoms with Crippen LogP contribution in [0.15, 0.2) is 146 Å². The van der Waals surface area contributed by atoms with Crippen LogP contribution in [0.3, 0.4) is 0 Å². The fourth-order valence-electron chi connectivity index (χ4n) is 6.98. The number of rotatable bonds is 5. The Hall–Kier alpha value is -5.89. The Morgan fingerprint density at radius 2 is 1.11 bits per heavy atom. The predicted octanol–water partition coefficient (Wildman–Crippen LogP) is 7.14. The number of nitrogens with zero attached hydrogens (tertiary/aromatic N) is 4. The lowest BCUT2D eigenvalue weighted by Crippen LogP contribution is -2.30. The Bertz CT molecular complexity index is 2390. The summed E-state index contributed by atoms with van der Waals surface area (Å²) in [7, 11) is -1.60. The van der Waals surface area contributed by atoms with Crippen molar-refractivity contribution in [2.75, 3.05) is 0 Å². The van der Waals surface area contributed by atoms with Gasteiger partial charge in [0, 0.05) is 27.6 Å². The molecule has 0 aliphatic heterocycles. The first-order valence-electron chi connectivity index (χ1n) is 15.6. The van der Waals surface area contributed by atoms with E-state index in [2.05, 4.69) is 65.2 Å². The summed E-state index contributed by atoms with van der Waals surface area (Å²) >= 11 is 0. The third kappa shape index (κ3) is 4.48. The summed E-state index contributed by atoms with van der Waals surface area (Å²) in [5.74, 6) is 1.41. The molecule has 0 spiro atoms. The molecule has 7 heteroatoms. The maximum Gasteiger partial charge on any atom is 0.488 e. The number of aromatic nitrogens is 4. The van der Waals surface area contributed by atoms with Gasteiger partial charge in [0.25, 0.3) is 0 Å². The summed E-state index contributed by atoms with van der Waals surface area (Å²) in [6.07, 6.45) is 0. The molecule has 0 fully saturated rings. The van der Waals surface area contributed by atoms with Gasteiger partial charge in [0.15, 0.2) is 11.6 Å². The quantitative estimate of drug-likeness (QED) is 0.204. The van der Waals surface area contributed by atoms with Crippen LogP contribution in [0.5, 0.6) is 0 Å². The van der Waals surface area contributed by atoms with Gasteiger partial charge in [0.05, 0.1) is 17.0 Å². The SMILES string of the molecule is OB(O)c1ccc2c(c1)C(c1nc(-c3ccccc3)nc(-c3ccccc3)n1)c1cc3c4ccccc4n(-c4ccccc4)c3cc1-2. The normalized spacial score (nSPS) is 13.5. The molecule has 1 atom stereocenters. The first kappa shape index (κ1) is 27.4. The van der Waals surface area contributed by atoms with E-state index in [-0.39, 0.29) is 5.92 Å². The van der Waals surface area contributed by atoms with Gasteiger partial charge in [-0.05, 0) is 58.0 Å². The van der Waals surface area contributed by atoms with Gasteiger partial charge >= 0.3 is 7.12 Å². The summed E-state index contributed by atoms with van der Waals surface area (Å²) in [5.41, 5.74) is 9.61. The molecule has 1 aliphatic carbocycles. The molecule has 47 heavy (non-hydrogen) atoms. The minimum atomic E-state index is -1.60. The lowest BCUT2D eigenvalue weighted by molar-refractivity contribution is 0.425. The maximum atomic E-state index is 10.2. The van der Waals surface area contributed by atoms with E-state index in [4.69, 9.17) is 15.0 Å². The Labute approximate surface area is 271 Å². The number of hydrogen-bond donors (Lipinski definition) is 2. The van der Waals surface area contributed by atoms with E-state index < -0.39 is 7.12 Å². The van der Waals surface area contributed by atoms with Crippen LogP contribution in [0, 0.1) is 0 Å². The second-order valence-corrected chi connectivity index (χ2v) is 11.9. The van der Waals surface area contributed by atoms with Gasteiger partial charge in [-0.3, -0.25) is 0 Å². The average molecular weight is 606 g/mol. The molecule has 6 aromatic carbocycles.